The highest BCUT2D eigenvalue weighted by atomic mass is 16.7. The number of benzene rings is 1. The number of para-hydroxylation sites is 1. The first-order valence-electron chi connectivity index (χ1n) is 8.80. The van der Waals surface area contributed by atoms with Gasteiger partial charge in [0.15, 0.2) is 5.79 Å². The standard InChI is InChI=1S/C18H26N2O3/c1-2-5-16-15(4-1)17(6-3-9-19-16)20-12-14-13-22-18(23-14)7-10-21-11-8-18/h1-2,4-5,14,17,19-20H,3,6-13H2/t14-,17+/m1/s1. The minimum atomic E-state index is -0.381. The van der Waals surface area contributed by atoms with Crippen LogP contribution in [-0.4, -0.2) is 44.8 Å². The van der Waals surface area contributed by atoms with Crippen molar-refractivity contribution < 1.29 is 14.2 Å². The summed E-state index contributed by atoms with van der Waals surface area (Å²) in [6.45, 7) is 4.03. The summed E-state index contributed by atoms with van der Waals surface area (Å²) in [5.41, 5.74) is 2.62. The van der Waals surface area contributed by atoms with Crippen LogP contribution in [0.4, 0.5) is 5.69 Å². The van der Waals surface area contributed by atoms with Crippen LogP contribution in [0.3, 0.4) is 0 Å². The molecule has 2 N–H and O–H groups in total. The minimum Gasteiger partial charge on any atom is -0.385 e. The molecule has 0 radical (unpaired) electrons. The van der Waals surface area contributed by atoms with Crippen LogP contribution in [-0.2, 0) is 14.2 Å². The number of fused-ring (bicyclic) bond motifs is 1. The lowest BCUT2D eigenvalue weighted by Gasteiger charge is -2.31. The van der Waals surface area contributed by atoms with E-state index in [2.05, 4.69) is 34.9 Å². The van der Waals surface area contributed by atoms with Gasteiger partial charge in [0.05, 0.1) is 25.9 Å². The Kier molecular flexibility index (Phi) is 4.53. The summed E-state index contributed by atoms with van der Waals surface area (Å²) >= 11 is 0. The van der Waals surface area contributed by atoms with Crippen molar-refractivity contribution in [3.8, 4) is 0 Å². The smallest absolute Gasteiger partial charge is 0.173 e. The summed E-state index contributed by atoms with van der Waals surface area (Å²) in [5, 5.41) is 7.23. The maximum Gasteiger partial charge on any atom is 0.173 e. The van der Waals surface area contributed by atoms with Gasteiger partial charge in [-0.25, -0.2) is 0 Å². The predicted molar refractivity (Wildman–Crippen MR) is 88.5 cm³/mol. The summed E-state index contributed by atoms with van der Waals surface area (Å²) in [6, 6.07) is 8.99. The fraction of sp³-hybridized carbons (Fsp3) is 0.667. The number of ether oxygens (including phenoxy) is 3. The fourth-order valence-corrected chi connectivity index (χ4v) is 3.79. The Bertz CT molecular complexity index is 531. The molecule has 1 aromatic carbocycles. The Morgan fingerprint density at radius 1 is 1.22 bits per heavy atom. The number of rotatable bonds is 3. The van der Waals surface area contributed by atoms with E-state index in [0.717, 1.165) is 45.6 Å². The molecule has 126 valence electrons. The van der Waals surface area contributed by atoms with Gasteiger partial charge in [0, 0.05) is 37.7 Å². The lowest BCUT2D eigenvalue weighted by molar-refractivity contribution is -0.210. The number of hydrogen-bond donors (Lipinski definition) is 2. The van der Waals surface area contributed by atoms with Crippen molar-refractivity contribution in [2.75, 3.05) is 38.2 Å². The predicted octanol–water partition coefficient (Wildman–Crippen LogP) is 2.45. The molecule has 2 fully saturated rings. The van der Waals surface area contributed by atoms with E-state index in [-0.39, 0.29) is 11.9 Å². The highest BCUT2D eigenvalue weighted by Gasteiger charge is 2.42. The summed E-state index contributed by atoms with van der Waals surface area (Å²) < 4.78 is 17.6. The summed E-state index contributed by atoms with van der Waals surface area (Å²) in [5.74, 6) is -0.381. The van der Waals surface area contributed by atoms with Crippen LogP contribution in [0.5, 0.6) is 0 Å². The van der Waals surface area contributed by atoms with Gasteiger partial charge in [-0.05, 0) is 24.5 Å². The van der Waals surface area contributed by atoms with E-state index in [0.29, 0.717) is 12.6 Å². The van der Waals surface area contributed by atoms with Crippen LogP contribution >= 0.6 is 0 Å². The molecule has 1 aromatic rings. The Labute approximate surface area is 137 Å². The SMILES string of the molecule is c1ccc2c(c1)NCCC[C@@H]2NC[C@@H]1COC2(CCOCC2)O1. The van der Waals surface area contributed by atoms with Crippen LogP contribution in [0, 0.1) is 0 Å². The minimum absolute atomic E-state index is 0.136. The summed E-state index contributed by atoms with van der Waals surface area (Å²) in [4.78, 5) is 0. The summed E-state index contributed by atoms with van der Waals surface area (Å²) in [7, 11) is 0. The van der Waals surface area contributed by atoms with Crippen molar-refractivity contribution in [1.29, 1.82) is 0 Å². The molecule has 0 bridgehead atoms. The second kappa shape index (κ2) is 6.77. The first-order chi connectivity index (χ1) is 11.3. The fourth-order valence-electron chi connectivity index (χ4n) is 3.79. The third-order valence-electron chi connectivity index (χ3n) is 5.08. The molecule has 3 aliphatic heterocycles. The van der Waals surface area contributed by atoms with Gasteiger partial charge in [0.1, 0.15) is 0 Å². The lowest BCUT2D eigenvalue weighted by Crippen LogP contribution is -2.39. The van der Waals surface area contributed by atoms with Gasteiger partial charge >= 0.3 is 0 Å². The maximum atomic E-state index is 6.22. The number of hydrogen-bond acceptors (Lipinski definition) is 5. The van der Waals surface area contributed by atoms with Gasteiger partial charge in [-0.1, -0.05) is 18.2 Å². The Hall–Kier alpha value is -1.14. The molecule has 3 aliphatic rings. The third-order valence-corrected chi connectivity index (χ3v) is 5.08. The van der Waals surface area contributed by atoms with E-state index >= 15 is 0 Å². The summed E-state index contributed by atoms with van der Waals surface area (Å²) in [6.07, 6.45) is 4.16. The molecule has 0 amide bonds. The van der Waals surface area contributed by atoms with Crippen molar-refractivity contribution in [3.63, 3.8) is 0 Å². The van der Waals surface area contributed by atoms with Crippen LogP contribution in [0.2, 0.25) is 0 Å². The van der Waals surface area contributed by atoms with E-state index < -0.39 is 0 Å². The molecule has 2 saturated heterocycles. The van der Waals surface area contributed by atoms with E-state index in [4.69, 9.17) is 14.2 Å². The maximum absolute atomic E-state index is 6.22. The van der Waals surface area contributed by atoms with Crippen LogP contribution in [0.1, 0.15) is 37.3 Å². The molecule has 4 rings (SSSR count). The normalized spacial score (nSPS) is 29.7. The van der Waals surface area contributed by atoms with Crippen molar-refractivity contribution in [2.24, 2.45) is 0 Å². The largest absolute Gasteiger partial charge is 0.385 e. The number of nitrogens with one attached hydrogen (secondary N) is 2. The highest BCUT2D eigenvalue weighted by Crippen LogP contribution is 2.34. The Morgan fingerprint density at radius 3 is 3.00 bits per heavy atom. The zero-order chi connectivity index (χ0) is 15.5. The molecule has 0 aliphatic carbocycles. The molecule has 5 heteroatoms. The molecular formula is C18H26N2O3. The van der Waals surface area contributed by atoms with Crippen molar-refractivity contribution in [1.82, 2.24) is 5.32 Å². The van der Waals surface area contributed by atoms with Crippen LogP contribution in [0.25, 0.3) is 0 Å². The van der Waals surface area contributed by atoms with Crippen LogP contribution < -0.4 is 10.6 Å². The van der Waals surface area contributed by atoms with Crippen molar-refractivity contribution in [3.05, 3.63) is 29.8 Å². The molecule has 23 heavy (non-hydrogen) atoms. The first-order valence-corrected chi connectivity index (χ1v) is 8.80. The third kappa shape index (κ3) is 3.38. The molecule has 1 spiro atoms. The molecule has 0 aromatic heterocycles. The second-order valence-corrected chi connectivity index (χ2v) is 6.69. The highest BCUT2D eigenvalue weighted by molar-refractivity contribution is 5.53. The topological polar surface area (TPSA) is 51.8 Å². The first kappa shape index (κ1) is 15.4. The van der Waals surface area contributed by atoms with Gasteiger partial charge in [-0.2, -0.15) is 0 Å². The monoisotopic (exact) mass is 318 g/mol. The average molecular weight is 318 g/mol. The zero-order valence-corrected chi connectivity index (χ0v) is 13.6. The van der Waals surface area contributed by atoms with Gasteiger partial charge < -0.3 is 24.8 Å². The molecule has 3 heterocycles. The van der Waals surface area contributed by atoms with Gasteiger partial charge in [0.25, 0.3) is 0 Å². The molecule has 0 saturated carbocycles. The molecule has 5 nitrogen and oxygen atoms in total. The molecule has 0 unspecified atom stereocenters. The zero-order valence-electron chi connectivity index (χ0n) is 13.6. The van der Waals surface area contributed by atoms with Crippen molar-refractivity contribution >= 4 is 5.69 Å². The average Bonchev–Trinajstić information content (AvgIpc) is 2.86. The Balaban J connectivity index is 1.36. The molecule has 2 atom stereocenters. The quantitative estimate of drug-likeness (QED) is 0.896. The van der Waals surface area contributed by atoms with E-state index in [1.165, 1.54) is 17.7 Å². The van der Waals surface area contributed by atoms with Crippen molar-refractivity contribution in [2.45, 2.75) is 43.6 Å². The number of anilines is 1. The van der Waals surface area contributed by atoms with Crippen LogP contribution in [0.15, 0.2) is 24.3 Å². The Morgan fingerprint density at radius 2 is 2.09 bits per heavy atom. The van der Waals surface area contributed by atoms with E-state index in [1.807, 2.05) is 0 Å². The van der Waals surface area contributed by atoms with Gasteiger partial charge in [0.2, 0.25) is 0 Å². The second-order valence-electron chi connectivity index (χ2n) is 6.69. The lowest BCUT2D eigenvalue weighted by atomic mass is 10.0. The van der Waals surface area contributed by atoms with E-state index in [9.17, 15) is 0 Å². The van der Waals surface area contributed by atoms with Gasteiger partial charge in [-0.15, -0.1) is 0 Å². The van der Waals surface area contributed by atoms with Gasteiger partial charge in [-0.3, -0.25) is 0 Å². The van der Waals surface area contributed by atoms with E-state index in [1.54, 1.807) is 0 Å². The molecular weight excluding hydrogens is 292 g/mol.